The molecule has 134 valence electrons. The second kappa shape index (κ2) is 6.37. The van der Waals surface area contributed by atoms with Crippen LogP contribution in [0.25, 0.3) is 0 Å². The third kappa shape index (κ3) is 2.77. The van der Waals surface area contributed by atoms with Crippen LogP contribution in [0.2, 0.25) is 0 Å². The number of nitrogens with one attached hydrogen (secondary N) is 1. The number of nitrogen functional groups attached to an aromatic ring is 1. The number of rotatable bonds is 1. The number of carbonyl (C=O) groups is 2. The number of amides is 2. The van der Waals surface area contributed by atoms with Crippen LogP contribution in [0.4, 0.5) is 22.7 Å². The van der Waals surface area contributed by atoms with Crippen molar-refractivity contribution >= 4 is 34.6 Å². The number of nitrogens with two attached hydrogens (primary N) is 1. The fraction of sp³-hybridized carbons (Fsp3) is 0.300. The Morgan fingerprint density at radius 2 is 1.96 bits per heavy atom. The highest BCUT2D eigenvalue weighted by molar-refractivity contribution is 6.09. The molecule has 26 heavy (non-hydrogen) atoms. The molecule has 0 spiro atoms. The van der Waals surface area contributed by atoms with Crippen molar-refractivity contribution in [2.24, 2.45) is 0 Å². The van der Waals surface area contributed by atoms with Crippen LogP contribution >= 0.6 is 0 Å². The molecule has 3 N–H and O–H groups in total. The van der Waals surface area contributed by atoms with Crippen LogP contribution < -0.4 is 20.9 Å². The lowest BCUT2D eigenvalue weighted by Crippen LogP contribution is -2.35. The zero-order valence-corrected chi connectivity index (χ0v) is 14.8. The van der Waals surface area contributed by atoms with Crippen LogP contribution in [-0.4, -0.2) is 32.0 Å². The molecule has 0 aromatic heterocycles. The van der Waals surface area contributed by atoms with Gasteiger partial charge in [-0.05, 0) is 48.7 Å². The summed E-state index contributed by atoms with van der Waals surface area (Å²) < 4.78 is 0. The summed E-state index contributed by atoms with van der Waals surface area (Å²) in [4.78, 5) is 28.9. The fourth-order valence-electron chi connectivity index (χ4n) is 3.72. The maximum atomic E-state index is 13.2. The number of anilines is 4. The number of hydrogen-bond acceptors (Lipinski definition) is 4. The van der Waals surface area contributed by atoms with Crippen LogP contribution in [0, 0.1) is 0 Å². The Hall–Kier alpha value is -3.02. The molecular formula is C20H22N4O2. The second-order valence-electron chi connectivity index (χ2n) is 6.86. The Balaban J connectivity index is 1.70. The molecule has 2 amide bonds. The lowest BCUT2D eigenvalue weighted by atomic mass is 9.99. The van der Waals surface area contributed by atoms with Crippen molar-refractivity contribution in [3.8, 4) is 0 Å². The van der Waals surface area contributed by atoms with Gasteiger partial charge < -0.3 is 20.9 Å². The molecule has 4 rings (SSSR count). The van der Waals surface area contributed by atoms with E-state index in [-0.39, 0.29) is 11.8 Å². The highest BCUT2D eigenvalue weighted by atomic mass is 16.2. The Morgan fingerprint density at radius 1 is 1.12 bits per heavy atom. The van der Waals surface area contributed by atoms with E-state index >= 15 is 0 Å². The number of nitrogens with zero attached hydrogens (tertiary/aromatic N) is 2. The van der Waals surface area contributed by atoms with Gasteiger partial charge >= 0.3 is 0 Å². The van der Waals surface area contributed by atoms with E-state index < -0.39 is 0 Å². The van der Waals surface area contributed by atoms with Gasteiger partial charge in [0, 0.05) is 43.5 Å². The van der Waals surface area contributed by atoms with Gasteiger partial charge in [0.2, 0.25) is 5.91 Å². The van der Waals surface area contributed by atoms with Crippen molar-refractivity contribution in [3.63, 3.8) is 0 Å². The van der Waals surface area contributed by atoms with E-state index in [0.717, 1.165) is 35.5 Å². The van der Waals surface area contributed by atoms with E-state index in [4.69, 9.17) is 5.73 Å². The molecule has 0 unspecified atom stereocenters. The molecule has 0 radical (unpaired) electrons. The first kappa shape index (κ1) is 16.4. The quantitative estimate of drug-likeness (QED) is 0.775. The summed E-state index contributed by atoms with van der Waals surface area (Å²) >= 11 is 0. The molecule has 2 aromatic rings. The van der Waals surface area contributed by atoms with E-state index in [1.165, 1.54) is 0 Å². The Kier molecular flexibility index (Phi) is 4.03. The standard InChI is InChI=1S/C20H22N4O2/c1-23-11-9-19(25)22-16-12-13(7-8-18(16)23)20(26)24-10-3-4-14-15(21)5-2-6-17(14)24/h2,5-8,12H,3-4,9-11,21H2,1H3,(H,22,25). The molecule has 2 heterocycles. The van der Waals surface area contributed by atoms with Gasteiger partial charge in [-0.15, -0.1) is 0 Å². The van der Waals surface area contributed by atoms with Gasteiger partial charge in [0.25, 0.3) is 5.91 Å². The van der Waals surface area contributed by atoms with Gasteiger partial charge in [0.15, 0.2) is 0 Å². The van der Waals surface area contributed by atoms with Crippen LogP contribution in [0.3, 0.4) is 0 Å². The van der Waals surface area contributed by atoms with Crippen molar-refractivity contribution in [1.82, 2.24) is 0 Å². The summed E-state index contributed by atoms with van der Waals surface area (Å²) in [6.45, 7) is 1.32. The third-order valence-corrected chi connectivity index (χ3v) is 5.14. The molecule has 2 aliphatic heterocycles. The highest BCUT2D eigenvalue weighted by Crippen LogP contribution is 2.34. The molecule has 0 saturated heterocycles. The first-order valence-electron chi connectivity index (χ1n) is 8.89. The minimum Gasteiger partial charge on any atom is -0.398 e. The van der Waals surface area contributed by atoms with E-state index in [9.17, 15) is 9.59 Å². The number of benzene rings is 2. The van der Waals surface area contributed by atoms with Gasteiger partial charge in [-0.25, -0.2) is 0 Å². The molecule has 2 aromatic carbocycles. The van der Waals surface area contributed by atoms with Crippen molar-refractivity contribution in [3.05, 3.63) is 47.5 Å². The first-order chi connectivity index (χ1) is 12.5. The maximum absolute atomic E-state index is 13.2. The Bertz CT molecular complexity index is 893. The Labute approximate surface area is 152 Å². The van der Waals surface area contributed by atoms with Gasteiger partial charge in [0.05, 0.1) is 11.4 Å². The fourth-order valence-corrected chi connectivity index (χ4v) is 3.72. The zero-order chi connectivity index (χ0) is 18.3. The highest BCUT2D eigenvalue weighted by Gasteiger charge is 2.26. The molecule has 6 heteroatoms. The lowest BCUT2D eigenvalue weighted by molar-refractivity contribution is -0.115. The number of hydrogen-bond donors (Lipinski definition) is 2. The summed E-state index contributed by atoms with van der Waals surface area (Å²) in [5, 5.41) is 2.91. The summed E-state index contributed by atoms with van der Waals surface area (Å²) in [7, 11) is 1.95. The molecule has 0 aliphatic carbocycles. The predicted molar refractivity (Wildman–Crippen MR) is 104 cm³/mol. The van der Waals surface area contributed by atoms with Gasteiger partial charge in [-0.1, -0.05) is 6.07 Å². The minimum atomic E-state index is -0.0690. The molecule has 0 fully saturated rings. The van der Waals surface area contributed by atoms with E-state index in [0.29, 0.717) is 30.8 Å². The predicted octanol–water partition coefficient (Wildman–Crippen LogP) is 2.64. The van der Waals surface area contributed by atoms with E-state index in [1.54, 1.807) is 11.0 Å². The monoisotopic (exact) mass is 350 g/mol. The second-order valence-corrected chi connectivity index (χ2v) is 6.86. The molecule has 0 atom stereocenters. The summed E-state index contributed by atoms with van der Waals surface area (Å²) in [5.41, 5.74) is 10.9. The van der Waals surface area contributed by atoms with Gasteiger partial charge in [-0.3, -0.25) is 9.59 Å². The van der Waals surface area contributed by atoms with Crippen molar-refractivity contribution < 1.29 is 9.59 Å². The number of carbonyl (C=O) groups excluding carboxylic acids is 2. The number of fused-ring (bicyclic) bond motifs is 2. The maximum Gasteiger partial charge on any atom is 0.258 e. The smallest absolute Gasteiger partial charge is 0.258 e. The normalized spacial score (nSPS) is 16.4. The molecular weight excluding hydrogens is 328 g/mol. The molecule has 2 aliphatic rings. The van der Waals surface area contributed by atoms with Crippen molar-refractivity contribution in [2.45, 2.75) is 19.3 Å². The first-order valence-corrected chi connectivity index (χ1v) is 8.89. The minimum absolute atomic E-state index is 0.0312. The SMILES string of the molecule is CN1CCC(=O)Nc2cc(C(=O)N3CCCc4c(N)cccc43)ccc21. The summed E-state index contributed by atoms with van der Waals surface area (Å²) in [6, 6.07) is 11.2. The van der Waals surface area contributed by atoms with Crippen LogP contribution in [-0.2, 0) is 11.2 Å². The summed E-state index contributed by atoms with van der Waals surface area (Å²) in [5.74, 6) is -0.100. The average Bonchev–Trinajstić information content (AvgIpc) is 2.79. The lowest BCUT2D eigenvalue weighted by Gasteiger charge is -2.30. The largest absolute Gasteiger partial charge is 0.398 e. The summed E-state index contributed by atoms with van der Waals surface area (Å²) in [6.07, 6.45) is 2.21. The van der Waals surface area contributed by atoms with Crippen LogP contribution in [0.1, 0.15) is 28.8 Å². The molecule has 0 saturated carbocycles. The average molecular weight is 350 g/mol. The van der Waals surface area contributed by atoms with E-state index in [1.807, 2.05) is 42.3 Å². The van der Waals surface area contributed by atoms with Crippen LogP contribution in [0.15, 0.2) is 36.4 Å². The zero-order valence-electron chi connectivity index (χ0n) is 14.8. The van der Waals surface area contributed by atoms with Crippen molar-refractivity contribution in [1.29, 1.82) is 0 Å². The van der Waals surface area contributed by atoms with Crippen molar-refractivity contribution in [2.75, 3.05) is 41.0 Å². The van der Waals surface area contributed by atoms with Gasteiger partial charge in [0.1, 0.15) is 0 Å². The molecule has 0 bridgehead atoms. The third-order valence-electron chi connectivity index (χ3n) is 5.14. The topological polar surface area (TPSA) is 78.7 Å². The van der Waals surface area contributed by atoms with E-state index in [2.05, 4.69) is 5.32 Å². The Morgan fingerprint density at radius 3 is 2.81 bits per heavy atom. The molecule has 6 nitrogen and oxygen atoms in total. The van der Waals surface area contributed by atoms with Gasteiger partial charge in [-0.2, -0.15) is 0 Å². The van der Waals surface area contributed by atoms with Crippen LogP contribution in [0.5, 0.6) is 0 Å².